The average Bonchev–Trinajstić information content (AvgIpc) is 2.39. The summed E-state index contributed by atoms with van der Waals surface area (Å²) in [6, 6.07) is 11.2. The van der Waals surface area contributed by atoms with Crippen LogP contribution in [-0.2, 0) is 0 Å². The molecule has 1 heterocycles. The lowest BCUT2D eigenvalue weighted by Crippen LogP contribution is -2.34. The highest BCUT2D eigenvalue weighted by atomic mass is 14.9. The number of benzene rings is 1. The monoisotopic (exact) mass is 241 g/mol. The predicted molar refractivity (Wildman–Crippen MR) is 75.6 cm³/mol. The van der Waals surface area contributed by atoms with Gasteiger partial charge in [0.15, 0.2) is 0 Å². The van der Waals surface area contributed by atoms with Crippen LogP contribution in [0, 0.1) is 0 Å². The molecule has 1 fully saturated rings. The van der Waals surface area contributed by atoms with Gasteiger partial charge in [-0.15, -0.1) is 0 Å². The highest BCUT2D eigenvalue weighted by Gasteiger charge is 2.19. The van der Waals surface area contributed by atoms with Crippen LogP contribution < -0.4 is 11.1 Å². The van der Waals surface area contributed by atoms with Crippen molar-refractivity contribution in [3.8, 4) is 0 Å². The van der Waals surface area contributed by atoms with Crippen molar-refractivity contribution in [2.24, 2.45) is 5.73 Å². The van der Waals surface area contributed by atoms with E-state index in [1.807, 2.05) is 12.3 Å². The van der Waals surface area contributed by atoms with Crippen LogP contribution in [0.3, 0.4) is 0 Å². The third-order valence-corrected chi connectivity index (χ3v) is 3.71. The third kappa shape index (κ3) is 2.31. The van der Waals surface area contributed by atoms with E-state index in [1.165, 1.54) is 18.2 Å². The van der Waals surface area contributed by atoms with E-state index < -0.39 is 0 Å². The smallest absolute Gasteiger partial charge is 0.0933 e. The standard InChI is InChI=1S/C15H19N3/c16-12-6-2-7-13(10-12)18-14-8-1-4-11-5-3-9-17-15(11)14/h1,3-5,8-9,12-13,18H,2,6-7,10,16H2. The van der Waals surface area contributed by atoms with Gasteiger partial charge in [-0.2, -0.15) is 0 Å². The van der Waals surface area contributed by atoms with Gasteiger partial charge < -0.3 is 11.1 Å². The Morgan fingerprint density at radius 2 is 2.06 bits per heavy atom. The van der Waals surface area contributed by atoms with Gasteiger partial charge in [0, 0.05) is 23.7 Å². The molecule has 1 aliphatic rings. The normalized spacial score (nSPS) is 24.1. The van der Waals surface area contributed by atoms with Crippen LogP contribution in [0.1, 0.15) is 25.7 Å². The lowest BCUT2D eigenvalue weighted by atomic mass is 9.91. The number of aromatic nitrogens is 1. The van der Waals surface area contributed by atoms with Gasteiger partial charge in [-0.05, 0) is 37.8 Å². The Kier molecular flexibility index (Phi) is 3.15. The molecule has 0 spiro atoms. The molecular weight excluding hydrogens is 222 g/mol. The maximum absolute atomic E-state index is 6.04. The maximum Gasteiger partial charge on any atom is 0.0933 e. The molecular formula is C15H19N3. The van der Waals surface area contributed by atoms with Gasteiger partial charge in [0.1, 0.15) is 0 Å². The summed E-state index contributed by atoms with van der Waals surface area (Å²) in [6.45, 7) is 0. The minimum absolute atomic E-state index is 0.346. The molecule has 18 heavy (non-hydrogen) atoms. The second-order valence-corrected chi connectivity index (χ2v) is 5.15. The number of hydrogen-bond donors (Lipinski definition) is 2. The minimum Gasteiger partial charge on any atom is -0.380 e. The molecule has 1 aromatic carbocycles. The van der Waals surface area contributed by atoms with E-state index in [1.54, 1.807) is 0 Å². The first-order valence-electron chi connectivity index (χ1n) is 6.69. The van der Waals surface area contributed by atoms with Crippen molar-refractivity contribution in [3.05, 3.63) is 36.5 Å². The molecule has 0 saturated heterocycles. The zero-order chi connectivity index (χ0) is 12.4. The van der Waals surface area contributed by atoms with E-state index in [-0.39, 0.29) is 0 Å². The van der Waals surface area contributed by atoms with Crippen LogP contribution in [-0.4, -0.2) is 17.1 Å². The number of hydrogen-bond acceptors (Lipinski definition) is 3. The van der Waals surface area contributed by atoms with Crippen molar-refractivity contribution in [1.29, 1.82) is 0 Å². The quantitative estimate of drug-likeness (QED) is 0.850. The summed E-state index contributed by atoms with van der Waals surface area (Å²) in [6.07, 6.45) is 6.49. The van der Waals surface area contributed by atoms with Gasteiger partial charge in [-0.1, -0.05) is 18.2 Å². The van der Waals surface area contributed by atoms with Crippen molar-refractivity contribution < 1.29 is 0 Å². The van der Waals surface area contributed by atoms with Gasteiger partial charge in [-0.25, -0.2) is 0 Å². The number of pyridine rings is 1. The second kappa shape index (κ2) is 4.94. The molecule has 94 valence electrons. The summed E-state index contributed by atoms with van der Waals surface area (Å²) in [5.41, 5.74) is 8.22. The molecule has 0 amide bonds. The number of nitrogens with two attached hydrogens (primary N) is 1. The first-order valence-corrected chi connectivity index (χ1v) is 6.69. The average molecular weight is 241 g/mol. The molecule has 3 N–H and O–H groups in total. The van der Waals surface area contributed by atoms with Crippen LogP contribution in [0.2, 0.25) is 0 Å². The minimum atomic E-state index is 0.346. The van der Waals surface area contributed by atoms with E-state index in [0.29, 0.717) is 12.1 Å². The first-order chi connectivity index (χ1) is 8.83. The van der Waals surface area contributed by atoms with E-state index in [4.69, 9.17) is 5.73 Å². The number of nitrogens with zero attached hydrogens (tertiary/aromatic N) is 1. The molecule has 1 aromatic heterocycles. The zero-order valence-electron chi connectivity index (χ0n) is 10.5. The van der Waals surface area contributed by atoms with Crippen molar-refractivity contribution in [3.63, 3.8) is 0 Å². The molecule has 2 unspecified atom stereocenters. The molecule has 0 bridgehead atoms. The molecule has 2 aromatic rings. The summed E-state index contributed by atoms with van der Waals surface area (Å²) in [7, 11) is 0. The zero-order valence-corrected chi connectivity index (χ0v) is 10.5. The summed E-state index contributed by atoms with van der Waals surface area (Å²) in [5.74, 6) is 0. The largest absolute Gasteiger partial charge is 0.380 e. The van der Waals surface area contributed by atoms with E-state index in [2.05, 4.69) is 34.6 Å². The van der Waals surface area contributed by atoms with E-state index in [0.717, 1.165) is 24.0 Å². The Hall–Kier alpha value is -1.61. The fourth-order valence-electron chi connectivity index (χ4n) is 2.80. The SMILES string of the molecule is NC1CCCC(Nc2cccc3cccnc23)C1. The first kappa shape index (κ1) is 11.5. The molecule has 3 nitrogen and oxygen atoms in total. The van der Waals surface area contributed by atoms with Gasteiger partial charge in [-0.3, -0.25) is 4.98 Å². The Morgan fingerprint density at radius 1 is 1.17 bits per heavy atom. The number of rotatable bonds is 2. The highest BCUT2D eigenvalue weighted by molar-refractivity contribution is 5.90. The number of para-hydroxylation sites is 1. The van der Waals surface area contributed by atoms with Crippen LogP contribution in [0.15, 0.2) is 36.5 Å². The van der Waals surface area contributed by atoms with E-state index in [9.17, 15) is 0 Å². The second-order valence-electron chi connectivity index (χ2n) is 5.15. The molecule has 2 atom stereocenters. The molecule has 1 aliphatic carbocycles. The fourth-order valence-corrected chi connectivity index (χ4v) is 2.80. The molecule has 1 saturated carbocycles. The van der Waals surface area contributed by atoms with E-state index >= 15 is 0 Å². The highest BCUT2D eigenvalue weighted by Crippen LogP contribution is 2.25. The lowest BCUT2D eigenvalue weighted by Gasteiger charge is -2.28. The molecule has 3 heteroatoms. The lowest BCUT2D eigenvalue weighted by molar-refractivity contribution is 0.409. The van der Waals surface area contributed by atoms with Gasteiger partial charge in [0.2, 0.25) is 0 Å². The summed E-state index contributed by atoms with van der Waals surface area (Å²) in [5, 5.41) is 4.79. The molecule has 3 rings (SSSR count). The fraction of sp³-hybridized carbons (Fsp3) is 0.400. The summed E-state index contributed by atoms with van der Waals surface area (Å²) in [4.78, 5) is 4.47. The van der Waals surface area contributed by atoms with Crippen LogP contribution in [0.25, 0.3) is 10.9 Å². The van der Waals surface area contributed by atoms with Crippen LogP contribution in [0.5, 0.6) is 0 Å². The molecule has 0 aliphatic heterocycles. The summed E-state index contributed by atoms with van der Waals surface area (Å²) >= 11 is 0. The number of anilines is 1. The van der Waals surface area contributed by atoms with Crippen molar-refractivity contribution in [1.82, 2.24) is 4.98 Å². The van der Waals surface area contributed by atoms with Crippen molar-refractivity contribution in [2.75, 3.05) is 5.32 Å². The number of nitrogens with one attached hydrogen (secondary N) is 1. The number of fused-ring (bicyclic) bond motifs is 1. The Balaban J connectivity index is 1.86. The van der Waals surface area contributed by atoms with Gasteiger partial charge in [0.25, 0.3) is 0 Å². The van der Waals surface area contributed by atoms with Gasteiger partial charge >= 0.3 is 0 Å². The predicted octanol–water partition coefficient (Wildman–Crippen LogP) is 2.92. The van der Waals surface area contributed by atoms with Crippen LogP contribution in [0.4, 0.5) is 5.69 Å². The maximum atomic E-state index is 6.04. The van der Waals surface area contributed by atoms with Crippen LogP contribution >= 0.6 is 0 Å². The summed E-state index contributed by atoms with van der Waals surface area (Å²) < 4.78 is 0. The Morgan fingerprint density at radius 3 is 2.94 bits per heavy atom. The topological polar surface area (TPSA) is 50.9 Å². The molecule has 0 radical (unpaired) electrons. The Bertz CT molecular complexity index is 533. The van der Waals surface area contributed by atoms with Gasteiger partial charge in [0.05, 0.1) is 11.2 Å². The van der Waals surface area contributed by atoms with Crippen molar-refractivity contribution in [2.45, 2.75) is 37.8 Å². The Labute approximate surface area is 107 Å². The van der Waals surface area contributed by atoms with Crippen molar-refractivity contribution >= 4 is 16.6 Å². The third-order valence-electron chi connectivity index (χ3n) is 3.71.